The number of imidazole rings is 1. The molecule has 2 heterocycles. The first kappa shape index (κ1) is 12.8. The van der Waals surface area contributed by atoms with Crippen LogP contribution in [0.5, 0.6) is 0 Å². The Bertz CT molecular complexity index is 684. The second-order valence-electron chi connectivity index (χ2n) is 4.27. The number of imide groups is 1. The van der Waals surface area contributed by atoms with Crippen molar-refractivity contribution < 1.29 is 14.3 Å². The number of aromatic amines is 1. The van der Waals surface area contributed by atoms with Crippen LogP contribution < -0.4 is 5.73 Å². The number of aromatic nitrogens is 2. The SMILES string of the molecule is Nc1ccc2nc(SCC(=O)N3CCOC3=O)[nH]c2c1. The third-order valence-corrected chi connectivity index (χ3v) is 3.74. The van der Waals surface area contributed by atoms with Gasteiger partial charge in [-0.3, -0.25) is 4.79 Å². The van der Waals surface area contributed by atoms with Crippen LogP contribution in [0.1, 0.15) is 0 Å². The molecule has 0 saturated carbocycles. The molecule has 1 saturated heterocycles. The smallest absolute Gasteiger partial charge is 0.416 e. The predicted octanol–water partition coefficient (Wildman–Crippen LogP) is 1.22. The van der Waals surface area contributed by atoms with Crippen molar-refractivity contribution in [1.82, 2.24) is 14.9 Å². The number of fused-ring (bicyclic) bond motifs is 1. The number of H-pyrrole nitrogens is 1. The van der Waals surface area contributed by atoms with Gasteiger partial charge in [-0.25, -0.2) is 14.7 Å². The van der Waals surface area contributed by atoms with Gasteiger partial charge in [0.2, 0.25) is 5.91 Å². The Labute approximate surface area is 118 Å². The molecule has 1 aromatic heterocycles. The van der Waals surface area contributed by atoms with E-state index < -0.39 is 6.09 Å². The molecule has 7 nitrogen and oxygen atoms in total. The van der Waals surface area contributed by atoms with Gasteiger partial charge in [0.15, 0.2) is 5.16 Å². The molecule has 104 valence electrons. The van der Waals surface area contributed by atoms with Crippen molar-refractivity contribution in [2.24, 2.45) is 0 Å². The van der Waals surface area contributed by atoms with Crippen LogP contribution in [0.15, 0.2) is 23.4 Å². The lowest BCUT2D eigenvalue weighted by Crippen LogP contribution is -2.33. The van der Waals surface area contributed by atoms with E-state index in [-0.39, 0.29) is 18.3 Å². The van der Waals surface area contributed by atoms with Crippen LogP contribution >= 0.6 is 11.8 Å². The summed E-state index contributed by atoms with van der Waals surface area (Å²) in [5.74, 6) is -0.151. The number of carbonyl (C=O) groups excluding carboxylic acids is 2. The fourth-order valence-electron chi connectivity index (χ4n) is 1.90. The molecule has 0 spiro atoms. The Balaban J connectivity index is 1.67. The predicted molar refractivity (Wildman–Crippen MR) is 74.3 cm³/mol. The maximum absolute atomic E-state index is 11.8. The van der Waals surface area contributed by atoms with E-state index in [9.17, 15) is 9.59 Å². The van der Waals surface area contributed by atoms with Gasteiger partial charge in [-0.2, -0.15) is 0 Å². The highest BCUT2D eigenvalue weighted by Crippen LogP contribution is 2.21. The average molecular weight is 292 g/mol. The van der Waals surface area contributed by atoms with Crippen LogP contribution in [0.25, 0.3) is 11.0 Å². The molecule has 1 aliphatic rings. The molecule has 3 rings (SSSR count). The van der Waals surface area contributed by atoms with Gasteiger partial charge in [0.1, 0.15) is 6.61 Å². The molecule has 0 radical (unpaired) electrons. The van der Waals surface area contributed by atoms with E-state index in [0.717, 1.165) is 15.9 Å². The van der Waals surface area contributed by atoms with Crippen molar-refractivity contribution in [1.29, 1.82) is 0 Å². The molecule has 2 aromatic rings. The van der Waals surface area contributed by atoms with Crippen LogP contribution in [-0.4, -0.2) is 45.8 Å². The van der Waals surface area contributed by atoms with Crippen LogP contribution in [0.4, 0.5) is 10.5 Å². The maximum Gasteiger partial charge on any atom is 0.416 e. The summed E-state index contributed by atoms with van der Waals surface area (Å²) in [6.07, 6.45) is -0.576. The fourth-order valence-corrected chi connectivity index (χ4v) is 2.66. The molecule has 3 N–H and O–H groups in total. The molecular formula is C12H12N4O3S. The van der Waals surface area contributed by atoms with Crippen molar-refractivity contribution in [3.05, 3.63) is 18.2 Å². The summed E-state index contributed by atoms with van der Waals surface area (Å²) in [4.78, 5) is 31.6. The van der Waals surface area contributed by atoms with Gasteiger partial charge in [-0.05, 0) is 18.2 Å². The van der Waals surface area contributed by atoms with Gasteiger partial charge in [-0.15, -0.1) is 0 Å². The van der Waals surface area contributed by atoms with Crippen LogP contribution in [0, 0.1) is 0 Å². The Kier molecular flexibility index (Phi) is 3.23. The molecular weight excluding hydrogens is 280 g/mol. The number of cyclic esters (lactones) is 1. The largest absolute Gasteiger partial charge is 0.447 e. The number of amides is 2. The number of ether oxygens (including phenoxy) is 1. The van der Waals surface area contributed by atoms with Crippen molar-refractivity contribution in [3.8, 4) is 0 Å². The molecule has 1 aliphatic heterocycles. The number of nitrogen functional groups attached to an aromatic ring is 1. The summed E-state index contributed by atoms with van der Waals surface area (Å²) in [6, 6.07) is 5.36. The molecule has 20 heavy (non-hydrogen) atoms. The number of benzene rings is 1. The van der Waals surface area contributed by atoms with Crippen molar-refractivity contribution in [3.63, 3.8) is 0 Å². The van der Waals surface area contributed by atoms with Gasteiger partial charge in [0.25, 0.3) is 0 Å². The summed E-state index contributed by atoms with van der Waals surface area (Å²) in [5.41, 5.74) is 7.94. The Morgan fingerprint density at radius 1 is 1.55 bits per heavy atom. The van der Waals surface area contributed by atoms with Gasteiger partial charge >= 0.3 is 6.09 Å². The number of rotatable bonds is 3. The highest BCUT2D eigenvalue weighted by atomic mass is 32.2. The maximum atomic E-state index is 11.8. The van der Waals surface area contributed by atoms with Crippen molar-refractivity contribution >= 4 is 40.5 Å². The zero-order chi connectivity index (χ0) is 14.1. The van der Waals surface area contributed by atoms with E-state index in [4.69, 9.17) is 10.5 Å². The van der Waals surface area contributed by atoms with E-state index in [1.165, 1.54) is 11.8 Å². The normalized spacial score (nSPS) is 14.8. The molecule has 1 aromatic carbocycles. The summed E-state index contributed by atoms with van der Waals surface area (Å²) in [6.45, 7) is 0.577. The van der Waals surface area contributed by atoms with Crippen molar-refractivity contribution in [2.75, 3.05) is 24.6 Å². The summed E-state index contributed by atoms with van der Waals surface area (Å²) in [7, 11) is 0. The van der Waals surface area contributed by atoms with Gasteiger partial charge < -0.3 is 15.5 Å². The molecule has 0 bridgehead atoms. The van der Waals surface area contributed by atoms with Crippen LogP contribution in [-0.2, 0) is 9.53 Å². The molecule has 1 fully saturated rings. The first-order chi connectivity index (χ1) is 9.63. The number of hydrogen-bond donors (Lipinski definition) is 2. The van der Waals surface area contributed by atoms with Crippen LogP contribution in [0.2, 0.25) is 0 Å². The number of hydrogen-bond acceptors (Lipinski definition) is 6. The minimum atomic E-state index is -0.576. The minimum Gasteiger partial charge on any atom is -0.447 e. The molecule has 0 aliphatic carbocycles. The monoisotopic (exact) mass is 292 g/mol. The van der Waals surface area contributed by atoms with E-state index in [1.807, 2.05) is 6.07 Å². The highest BCUT2D eigenvalue weighted by molar-refractivity contribution is 7.99. The van der Waals surface area contributed by atoms with Gasteiger partial charge in [0, 0.05) is 5.69 Å². The number of nitrogens with one attached hydrogen (secondary N) is 1. The van der Waals surface area contributed by atoms with E-state index in [0.29, 0.717) is 17.4 Å². The number of anilines is 1. The summed E-state index contributed by atoms with van der Waals surface area (Å²) < 4.78 is 4.72. The lowest BCUT2D eigenvalue weighted by molar-refractivity contribution is -0.125. The fraction of sp³-hybridized carbons (Fsp3) is 0.250. The summed E-state index contributed by atoms with van der Waals surface area (Å²) >= 11 is 1.24. The lowest BCUT2D eigenvalue weighted by atomic mass is 10.3. The molecule has 8 heteroatoms. The molecule has 2 amide bonds. The van der Waals surface area contributed by atoms with E-state index in [2.05, 4.69) is 9.97 Å². The van der Waals surface area contributed by atoms with Gasteiger partial charge in [0.05, 0.1) is 23.3 Å². The Morgan fingerprint density at radius 3 is 3.15 bits per heavy atom. The Morgan fingerprint density at radius 2 is 2.40 bits per heavy atom. The number of thioether (sulfide) groups is 1. The minimum absolute atomic E-state index is 0.129. The number of nitrogens with two attached hydrogens (primary N) is 1. The number of carbonyl (C=O) groups is 2. The van der Waals surface area contributed by atoms with Crippen molar-refractivity contribution in [2.45, 2.75) is 5.16 Å². The van der Waals surface area contributed by atoms with Gasteiger partial charge in [-0.1, -0.05) is 11.8 Å². The number of nitrogens with zero attached hydrogens (tertiary/aromatic N) is 2. The third kappa shape index (κ3) is 2.42. The first-order valence-electron chi connectivity index (χ1n) is 5.98. The topological polar surface area (TPSA) is 101 Å². The van der Waals surface area contributed by atoms with Crippen LogP contribution in [0.3, 0.4) is 0 Å². The van der Waals surface area contributed by atoms with E-state index >= 15 is 0 Å². The second-order valence-corrected chi connectivity index (χ2v) is 5.23. The Hall–Kier alpha value is -2.22. The average Bonchev–Trinajstić information content (AvgIpc) is 3.01. The first-order valence-corrected chi connectivity index (χ1v) is 6.97. The second kappa shape index (κ2) is 5.04. The summed E-state index contributed by atoms with van der Waals surface area (Å²) in [5, 5.41) is 0.617. The molecule has 0 atom stereocenters. The van der Waals surface area contributed by atoms with E-state index in [1.54, 1.807) is 12.1 Å². The lowest BCUT2D eigenvalue weighted by Gasteiger charge is -2.08. The highest BCUT2D eigenvalue weighted by Gasteiger charge is 2.28. The quantitative estimate of drug-likeness (QED) is 0.651. The standard InChI is InChI=1S/C12H12N4O3S/c13-7-1-2-8-9(5-7)15-11(14-8)20-6-10(17)16-3-4-19-12(16)18/h1-2,5H,3-4,6,13H2,(H,14,15). The third-order valence-electron chi connectivity index (χ3n) is 2.88. The zero-order valence-electron chi connectivity index (χ0n) is 10.5. The zero-order valence-corrected chi connectivity index (χ0v) is 11.3. The molecule has 0 unspecified atom stereocenters.